The summed E-state index contributed by atoms with van der Waals surface area (Å²) in [5, 5.41) is 6.12. The van der Waals surface area contributed by atoms with E-state index in [2.05, 4.69) is 15.5 Å². The third-order valence-corrected chi connectivity index (χ3v) is 3.98. The van der Waals surface area contributed by atoms with Gasteiger partial charge in [0.1, 0.15) is 5.82 Å². The Kier molecular flexibility index (Phi) is 4.40. The van der Waals surface area contributed by atoms with Gasteiger partial charge in [0.2, 0.25) is 5.91 Å². The number of carbonyl (C=O) groups is 1. The minimum atomic E-state index is -0.610. The molecule has 1 aliphatic rings. The van der Waals surface area contributed by atoms with E-state index in [4.69, 9.17) is 0 Å². The van der Waals surface area contributed by atoms with Crippen molar-refractivity contribution >= 4 is 11.6 Å². The number of nitrogens with zero attached hydrogens (tertiary/aromatic N) is 1. The lowest BCUT2D eigenvalue weighted by Crippen LogP contribution is -2.58. The van der Waals surface area contributed by atoms with Crippen LogP contribution in [0.3, 0.4) is 0 Å². The van der Waals surface area contributed by atoms with E-state index in [-0.39, 0.29) is 11.7 Å². The first-order valence-electron chi connectivity index (χ1n) is 6.95. The lowest BCUT2D eigenvalue weighted by molar-refractivity contribution is -0.126. The van der Waals surface area contributed by atoms with Crippen LogP contribution in [0, 0.1) is 12.7 Å². The fourth-order valence-corrected chi connectivity index (χ4v) is 2.39. The first-order chi connectivity index (χ1) is 9.43. The molecule has 4 nitrogen and oxygen atoms in total. The summed E-state index contributed by atoms with van der Waals surface area (Å²) in [7, 11) is 0. The topological polar surface area (TPSA) is 44.4 Å². The van der Waals surface area contributed by atoms with Crippen molar-refractivity contribution in [2.45, 2.75) is 26.3 Å². The quantitative estimate of drug-likeness (QED) is 0.886. The average molecular weight is 279 g/mol. The Morgan fingerprint density at radius 3 is 2.65 bits per heavy atom. The molecule has 0 spiro atoms. The molecule has 1 aromatic rings. The molecule has 0 aromatic heterocycles. The van der Waals surface area contributed by atoms with Gasteiger partial charge in [-0.2, -0.15) is 0 Å². The van der Waals surface area contributed by atoms with Crippen LogP contribution >= 0.6 is 0 Å². The predicted molar refractivity (Wildman–Crippen MR) is 78.3 cm³/mol. The maximum Gasteiger partial charge on any atom is 0.244 e. The summed E-state index contributed by atoms with van der Waals surface area (Å²) < 4.78 is 13.5. The molecule has 1 heterocycles. The molecule has 1 aromatic carbocycles. The molecule has 0 bridgehead atoms. The van der Waals surface area contributed by atoms with Gasteiger partial charge in [0.25, 0.3) is 0 Å². The second-order valence-electron chi connectivity index (χ2n) is 5.66. The molecule has 0 radical (unpaired) electrons. The normalized spacial score (nSPS) is 17.0. The number of piperazine rings is 1. The highest BCUT2D eigenvalue weighted by molar-refractivity contribution is 5.98. The van der Waals surface area contributed by atoms with Gasteiger partial charge in [-0.25, -0.2) is 4.39 Å². The Bertz CT molecular complexity index is 496. The number of halogens is 1. The minimum Gasteiger partial charge on any atom is -0.324 e. The van der Waals surface area contributed by atoms with Gasteiger partial charge in [-0.15, -0.1) is 0 Å². The van der Waals surface area contributed by atoms with Crippen molar-refractivity contribution in [3.8, 4) is 0 Å². The molecular weight excluding hydrogens is 257 g/mol. The van der Waals surface area contributed by atoms with Gasteiger partial charge < -0.3 is 10.6 Å². The van der Waals surface area contributed by atoms with Crippen LogP contribution in [-0.2, 0) is 4.79 Å². The van der Waals surface area contributed by atoms with Crippen molar-refractivity contribution < 1.29 is 9.18 Å². The highest BCUT2D eigenvalue weighted by Gasteiger charge is 2.35. The Balaban J connectivity index is 2.12. The first-order valence-corrected chi connectivity index (χ1v) is 6.95. The number of benzene rings is 1. The van der Waals surface area contributed by atoms with Crippen LogP contribution < -0.4 is 10.6 Å². The highest BCUT2D eigenvalue weighted by Crippen LogP contribution is 2.21. The average Bonchev–Trinajstić information content (AvgIpc) is 2.44. The lowest BCUT2D eigenvalue weighted by atomic mass is 10.00. The molecule has 2 N–H and O–H groups in total. The van der Waals surface area contributed by atoms with Gasteiger partial charge in [0, 0.05) is 37.4 Å². The molecule has 0 aliphatic carbocycles. The van der Waals surface area contributed by atoms with Gasteiger partial charge in [-0.1, -0.05) is 6.07 Å². The molecule has 0 unspecified atom stereocenters. The van der Waals surface area contributed by atoms with Crippen LogP contribution in [0.25, 0.3) is 0 Å². The van der Waals surface area contributed by atoms with Crippen LogP contribution in [0.4, 0.5) is 10.1 Å². The van der Waals surface area contributed by atoms with Crippen molar-refractivity contribution in [3.63, 3.8) is 0 Å². The summed E-state index contributed by atoms with van der Waals surface area (Å²) in [6, 6.07) is 4.73. The number of hydrogen-bond donors (Lipinski definition) is 2. The molecule has 20 heavy (non-hydrogen) atoms. The summed E-state index contributed by atoms with van der Waals surface area (Å²) in [6.07, 6.45) is 0. The summed E-state index contributed by atoms with van der Waals surface area (Å²) in [5.41, 5.74) is 0.399. The summed E-state index contributed by atoms with van der Waals surface area (Å²) in [5.74, 6) is -0.407. The number of amides is 1. The molecule has 2 rings (SSSR count). The molecule has 5 heteroatoms. The molecule has 1 amide bonds. The number of rotatable bonds is 3. The van der Waals surface area contributed by atoms with Crippen LogP contribution in [-0.4, -0.2) is 42.5 Å². The zero-order chi connectivity index (χ0) is 14.8. The minimum absolute atomic E-state index is 0.104. The maximum atomic E-state index is 13.5. The van der Waals surface area contributed by atoms with Crippen molar-refractivity contribution in [1.29, 1.82) is 0 Å². The number of hydrogen-bond acceptors (Lipinski definition) is 3. The van der Waals surface area contributed by atoms with Gasteiger partial charge in [0.15, 0.2) is 0 Å². The Morgan fingerprint density at radius 2 is 2.00 bits per heavy atom. The van der Waals surface area contributed by atoms with E-state index in [0.29, 0.717) is 11.3 Å². The zero-order valence-electron chi connectivity index (χ0n) is 12.3. The van der Waals surface area contributed by atoms with E-state index >= 15 is 0 Å². The van der Waals surface area contributed by atoms with Gasteiger partial charge >= 0.3 is 0 Å². The monoisotopic (exact) mass is 279 g/mol. The number of nitrogens with one attached hydrogen (secondary N) is 2. The highest BCUT2D eigenvalue weighted by atomic mass is 19.1. The predicted octanol–water partition coefficient (Wildman–Crippen LogP) is 1.76. The van der Waals surface area contributed by atoms with Gasteiger partial charge in [-0.05, 0) is 32.9 Å². The fourth-order valence-electron chi connectivity index (χ4n) is 2.39. The van der Waals surface area contributed by atoms with E-state index in [9.17, 15) is 9.18 Å². The smallest absolute Gasteiger partial charge is 0.244 e. The maximum absolute atomic E-state index is 13.5. The lowest BCUT2D eigenvalue weighted by Gasteiger charge is -2.39. The van der Waals surface area contributed by atoms with E-state index in [1.807, 2.05) is 13.8 Å². The van der Waals surface area contributed by atoms with Crippen LogP contribution in [0.5, 0.6) is 0 Å². The van der Waals surface area contributed by atoms with Gasteiger partial charge in [0.05, 0.1) is 5.54 Å². The first kappa shape index (κ1) is 14.9. The number of carbonyl (C=O) groups excluding carboxylic acids is 1. The second kappa shape index (κ2) is 5.89. The van der Waals surface area contributed by atoms with E-state index in [1.165, 1.54) is 6.07 Å². The van der Waals surface area contributed by atoms with Crippen molar-refractivity contribution in [2.24, 2.45) is 0 Å². The molecule has 1 fully saturated rings. The van der Waals surface area contributed by atoms with Gasteiger partial charge in [-0.3, -0.25) is 9.69 Å². The Morgan fingerprint density at radius 1 is 1.35 bits per heavy atom. The fraction of sp³-hybridized carbons (Fsp3) is 0.533. The SMILES string of the molecule is Cc1c(F)cccc1NC(=O)C(C)(C)N1CCNCC1. The standard InChI is InChI=1S/C15H22FN3O/c1-11-12(16)5-4-6-13(11)18-14(20)15(2,3)19-9-7-17-8-10-19/h4-6,17H,7-10H2,1-3H3,(H,18,20). The van der Waals surface area contributed by atoms with E-state index in [0.717, 1.165) is 26.2 Å². The molecule has 0 atom stereocenters. The zero-order valence-corrected chi connectivity index (χ0v) is 12.3. The third-order valence-electron chi connectivity index (χ3n) is 3.98. The summed E-state index contributed by atoms with van der Waals surface area (Å²) in [6.45, 7) is 8.92. The van der Waals surface area contributed by atoms with Crippen molar-refractivity contribution in [2.75, 3.05) is 31.5 Å². The van der Waals surface area contributed by atoms with Crippen LogP contribution in [0.2, 0.25) is 0 Å². The Hall–Kier alpha value is -1.46. The number of anilines is 1. The van der Waals surface area contributed by atoms with E-state index < -0.39 is 5.54 Å². The largest absolute Gasteiger partial charge is 0.324 e. The Labute approximate surface area is 119 Å². The summed E-state index contributed by atoms with van der Waals surface area (Å²) >= 11 is 0. The van der Waals surface area contributed by atoms with Crippen molar-refractivity contribution in [3.05, 3.63) is 29.6 Å². The molecular formula is C15H22FN3O. The molecule has 110 valence electrons. The molecule has 1 aliphatic heterocycles. The van der Waals surface area contributed by atoms with Crippen molar-refractivity contribution in [1.82, 2.24) is 10.2 Å². The second-order valence-corrected chi connectivity index (χ2v) is 5.66. The van der Waals surface area contributed by atoms with Crippen LogP contribution in [0.15, 0.2) is 18.2 Å². The van der Waals surface area contributed by atoms with Crippen LogP contribution in [0.1, 0.15) is 19.4 Å². The summed E-state index contributed by atoms with van der Waals surface area (Å²) in [4.78, 5) is 14.6. The van der Waals surface area contributed by atoms with E-state index in [1.54, 1.807) is 19.1 Å². The molecule has 0 saturated carbocycles. The third kappa shape index (κ3) is 2.99. The molecule has 1 saturated heterocycles.